The Morgan fingerprint density at radius 3 is 2.49 bits per heavy atom. The third kappa shape index (κ3) is 4.84. The first-order chi connectivity index (χ1) is 16.7. The fraction of sp³-hybridized carbons (Fsp3) is 0.478. The molecule has 1 N–H and O–H groups in total. The van der Waals surface area contributed by atoms with Gasteiger partial charge in [-0.2, -0.15) is 13.2 Å². The van der Waals surface area contributed by atoms with Crippen molar-refractivity contribution < 1.29 is 22.8 Å². The summed E-state index contributed by atoms with van der Waals surface area (Å²) in [6, 6.07) is 4.60. The molecule has 2 aromatic heterocycles. The first-order valence-corrected chi connectivity index (χ1v) is 12.3. The molecule has 3 aromatic rings. The predicted octanol–water partition coefficient (Wildman–Crippen LogP) is 3.36. The van der Waals surface area contributed by atoms with Crippen LogP contribution in [0.2, 0.25) is 0 Å². The summed E-state index contributed by atoms with van der Waals surface area (Å²) < 4.78 is 38.7. The summed E-state index contributed by atoms with van der Waals surface area (Å²) in [7, 11) is 0. The SMILES string of the molecule is O=C(c1ccc2c(c1)[nH]c(=O)n2CCC(F)(F)F)N1CC(C2CCN(C(=O)c3nccs3)CC2)C1. The molecule has 1 aromatic carbocycles. The van der Waals surface area contributed by atoms with E-state index in [0.717, 1.165) is 17.4 Å². The molecule has 5 rings (SSSR count). The van der Waals surface area contributed by atoms with Crippen LogP contribution in [0.1, 0.15) is 39.4 Å². The van der Waals surface area contributed by atoms with Crippen LogP contribution in [0.4, 0.5) is 13.2 Å². The van der Waals surface area contributed by atoms with Crippen LogP contribution in [0.5, 0.6) is 0 Å². The standard InChI is InChI=1S/C23H24F3N5O3S/c24-23(25,26)5-9-31-18-2-1-15(11-17(18)28-22(31)34)20(32)30-12-16(13-30)14-3-7-29(8-4-14)21(33)19-27-6-10-35-19/h1-2,6,10-11,14,16H,3-5,7-9,12-13H2,(H,28,34). The van der Waals surface area contributed by atoms with Crippen LogP contribution in [0.15, 0.2) is 34.6 Å². The number of aromatic amines is 1. The zero-order valence-corrected chi connectivity index (χ0v) is 19.6. The molecule has 35 heavy (non-hydrogen) atoms. The van der Waals surface area contributed by atoms with Crippen LogP contribution >= 0.6 is 11.3 Å². The maximum Gasteiger partial charge on any atom is 0.390 e. The molecule has 0 bridgehead atoms. The number of carbonyl (C=O) groups is 2. The van der Waals surface area contributed by atoms with Crippen LogP contribution < -0.4 is 5.69 Å². The number of hydrogen-bond acceptors (Lipinski definition) is 5. The smallest absolute Gasteiger partial charge is 0.338 e. The second-order valence-electron chi connectivity index (χ2n) is 9.12. The van der Waals surface area contributed by atoms with Crippen molar-refractivity contribution in [3.05, 3.63) is 50.8 Å². The van der Waals surface area contributed by atoms with Gasteiger partial charge in [-0.1, -0.05) is 0 Å². The van der Waals surface area contributed by atoms with E-state index >= 15 is 0 Å². The number of carbonyl (C=O) groups excluding carboxylic acids is 2. The number of likely N-dealkylation sites (tertiary alicyclic amines) is 2. The normalized spacial score (nSPS) is 17.7. The number of imidazole rings is 1. The van der Waals surface area contributed by atoms with Crippen LogP contribution in [-0.2, 0) is 6.54 Å². The number of alkyl halides is 3. The van der Waals surface area contributed by atoms with Crippen molar-refractivity contribution in [2.45, 2.75) is 32.0 Å². The Kier molecular flexibility index (Phi) is 6.16. The molecule has 8 nitrogen and oxygen atoms in total. The third-order valence-corrected chi connectivity index (χ3v) is 7.71. The summed E-state index contributed by atoms with van der Waals surface area (Å²) in [6.45, 7) is 2.15. The molecule has 2 saturated heterocycles. The average Bonchev–Trinajstić information content (AvgIpc) is 3.43. The van der Waals surface area contributed by atoms with E-state index in [1.54, 1.807) is 22.5 Å². The summed E-state index contributed by atoms with van der Waals surface area (Å²) in [5.41, 5.74) is 0.454. The lowest BCUT2D eigenvalue weighted by atomic mass is 9.79. The van der Waals surface area contributed by atoms with Crippen molar-refractivity contribution in [1.82, 2.24) is 24.3 Å². The van der Waals surface area contributed by atoms with Gasteiger partial charge < -0.3 is 14.8 Å². The number of piperidine rings is 1. The number of fused-ring (bicyclic) bond motifs is 1. The maximum atomic E-state index is 12.9. The van der Waals surface area contributed by atoms with Crippen molar-refractivity contribution in [3.63, 3.8) is 0 Å². The van der Waals surface area contributed by atoms with Gasteiger partial charge in [0.2, 0.25) is 0 Å². The van der Waals surface area contributed by atoms with Gasteiger partial charge in [-0.3, -0.25) is 14.2 Å². The molecule has 2 amide bonds. The Morgan fingerprint density at radius 1 is 1.09 bits per heavy atom. The Morgan fingerprint density at radius 2 is 1.83 bits per heavy atom. The minimum absolute atomic E-state index is 0.0236. The lowest BCUT2D eigenvalue weighted by Crippen LogP contribution is -2.54. The Bertz CT molecular complexity index is 1290. The number of hydrogen-bond donors (Lipinski definition) is 1. The largest absolute Gasteiger partial charge is 0.390 e. The van der Waals surface area contributed by atoms with Crippen molar-refractivity contribution in [2.24, 2.45) is 11.8 Å². The molecular weight excluding hydrogens is 483 g/mol. The van der Waals surface area contributed by atoms with Gasteiger partial charge in [0.1, 0.15) is 0 Å². The lowest BCUT2D eigenvalue weighted by Gasteiger charge is -2.46. The van der Waals surface area contributed by atoms with Crippen molar-refractivity contribution in [2.75, 3.05) is 26.2 Å². The number of aryl methyl sites for hydroxylation is 1. The summed E-state index contributed by atoms with van der Waals surface area (Å²) in [5.74, 6) is 0.636. The molecule has 0 atom stereocenters. The monoisotopic (exact) mass is 507 g/mol. The van der Waals surface area contributed by atoms with E-state index in [-0.39, 0.29) is 11.8 Å². The number of aromatic nitrogens is 3. The topological polar surface area (TPSA) is 91.3 Å². The summed E-state index contributed by atoms with van der Waals surface area (Å²) in [5, 5.41) is 2.30. The molecule has 2 fully saturated rings. The number of H-pyrrole nitrogens is 1. The first-order valence-electron chi connectivity index (χ1n) is 11.5. The van der Waals surface area contributed by atoms with E-state index in [1.165, 1.54) is 23.5 Å². The molecule has 0 aliphatic carbocycles. The number of nitrogens with one attached hydrogen (secondary N) is 1. The van der Waals surface area contributed by atoms with Crippen LogP contribution in [-0.4, -0.2) is 68.5 Å². The molecule has 2 aliphatic heterocycles. The lowest BCUT2D eigenvalue weighted by molar-refractivity contribution is -0.136. The Hall–Kier alpha value is -3.15. The number of thiazole rings is 1. The van der Waals surface area contributed by atoms with Crippen molar-refractivity contribution in [1.29, 1.82) is 0 Å². The summed E-state index contributed by atoms with van der Waals surface area (Å²) in [6.07, 6.45) is -2.05. The van der Waals surface area contributed by atoms with Gasteiger partial charge in [-0.25, -0.2) is 9.78 Å². The first kappa shape index (κ1) is 23.6. The molecule has 0 unspecified atom stereocenters. The summed E-state index contributed by atoms with van der Waals surface area (Å²) >= 11 is 1.34. The van der Waals surface area contributed by atoms with Crippen molar-refractivity contribution >= 4 is 34.2 Å². The quantitative estimate of drug-likeness (QED) is 0.574. The fourth-order valence-corrected chi connectivity index (χ4v) is 5.56. The highest BCUT2D eigenvalue weighted by molar-refractivity contribution is 7.11. The molecule has 4 heterocycles. The summed E-state index contributed by atoms with van der Waals surface area (Å²) in [4.78, 5) is 47.7. The number of amides is 2. The highest BCUT2D eigenvalue weighted by Gasteiger charge is 2.38. The molecular formula is C23H24F3N5O3S. The van der Waals surface area contributed by atoms with E-state index < -0.39 is 24.8 Å². The van der Waals surface area contributed by atoms with Gasteiger partial charge in [0.15, 0.2) is 5.01 Å². The molecule has 0 spiro atoms. The van der Waals surface area contributed by atoms with E-state index in [9.17, 15) is 27.6 Å². The fourth-order valence-electron chi connectivity index (χ4n) is 4.95. The minimum atomic E-state index is -4.36. The molecule has 0 radical (unpaired) electrons. The van der Waals surface area contributed by atoms with Gasteiger partial charge in [0.05, 0.1) is 17.5 Å². The third-order valence-electron chi connectivity index (χ3n) is 6.95. The molecule has 186 valence electrons. The van der Waals surface area contributed by atoms with Crippen LogP contribution in [0.25, 0.3) is 11.0 Å². The van der Waals surface area contributed by atoms with Gasteiger partial charge in [-0.15, -0.1) is 11.3 Å². The molecule has 12 heteroatoms. The average molecular weight is 508 g/mol. The second-order valence-corrected chi connectivity index (χ2v) is 10.0. The number of rotatable bonds is 5. The highest BCUT2D eigenvalue weighted by atomic mass is 32.1. The number of benzene rings is 1. The van der Waals surface area contributed by atoms with E-state index in [4.69, 9.17) is 0 Å². The number of halogens is 3. The van der Waals surface area contributed by atoms with Gasteiger partial charge in [0, 0.05) is 49.9 Å². The number of nitrogens with zero attached hydrogens (tertiary/aromatic N) is 4. The van der Waals surface area contributed by atoms with E-state index in [1.807, 2.05) is 4.90 Å². The predicted molar refractivity (Wildman–Crippen MR) is 123 cm³/mol. The van der Waals surface area contributed by atoms with Crippen LogP contribution in [0, 0.1) is 11.8 Å². The van der Waals surface area contributed by atoms with E-state index in [2.05, 4.69) is 9.97 Å². The van der Waals surface area contributed by atoms with Crippen LogP contribution in [0.3, 0.4) is 0 Å². The molecule has 0 saturated carbocycles. The van der Waals surface area contributed by atoms with Gasteiger partial charge >= 0.3 is 11.9 Å². The molecule has 2 aliphatic rings. The maximum absolute atomic E-state index is 12.9. The zero-order chi connectivity index (χ0) is 24.7. The minimum Gasteiger partial charge on any atom is -0.338 e. The Labute approximate surface area is 202 Å². The van der Waals surface area contributed by atoms with Crippen molar-refractivity contribution in [3.8, 4) is 0 Å². The zero-order valence-electron chi connectivity index (χ0n) is 18.8. The van der Waals surface area contributed by atoms with E-state index in [0.29, 0.717) is 59.6 Å². The Balaban J connectivity index is 1.16. The van der Waals surface area contributed by atoms with Gasteiger partial charge in [0.25, 0.3) is 11.8 Å². The second kappa shape index (κ2) is 9.14. The van der Waals surface area contributed by atoms with Gasteiger partial charge in [-0.05, 0) is 42.9 Å². The highest BCUT2D eigenvalue weighted by Crippen LogP contribution is 2.33.